The van der Waals surface area contributed by atoms with Gasteiger partial charge in [0.2, 0.25) is 5.88 Å². The number of imidazole rings is 1. The summed E-state index contributed by atoms with van der Waals surface area (Å²) in [5.74, 6) is 0.293. The van der Waals surface area contributed by atoms with Crippen LogP contribution in [-0.4, -0.2) is 14.7 Å². The summed E-state index contributed by atoms with van der Waals surface area (Å²) in [4.78, 5) is 4.12. The Balaban J connectivity index is 2.30. The first-order valence-corrected chi connectivity index (χ1v) is 6.14. The van der Waals surface area contributed by atoms with Gasteiger partial charge < -0.3 is 5.11 Å². The molecule has 0 atom stereocenters. The normalized spacial score (nSPS) is 10.2. The molecule has 2 aromatic carbocycles. The molecule has 0 fully saturated rings. The van der Waals surface area contributed by atoms with E-state index in [1.807, 2.05) is 66.7 Å². The fraction of sp³-hybridized carbons (Fsp3) is 0. The van der Waals surface area contributed by atoms with Gasteiger partial charge >= 0.3 is 0 Å². The highest BCUT2D eigenvalue weighted by Gasteiger charge is 2.18. The zero-order valence-corrected chi connectivity index (χ0v) is 10.6. The number of rotatable bonds is 2. The van der Waals surface area contributed by atoms with Crippen molar-refractivity contribution in [1.82, 2.24) is 9.55 Å². The van der Waals surface area contributed by atoms with Gasteiger partial charge in [0.05, 0.1) is 0 Å². The smallest absolute Gasteiger partial charge is 0.249 e. The van der Waals surface area contributed by atoms with Crippen LogP contribution in [0.2, 0.25) is 0 Å². The second-order valence-corrected chi connectivity index (χ2v) is 4.26. The third kappa shape index (κ3) is 1.91. The van der Waals surface area contributed by atoms with Gasteiger partial charge in [-0.3, -0.25) is 4.57 Å². The van der Waals surface area contributed by atoms with Gasteiger partial charge in [-0.2, -0.15) is 10.2 Å². The van der Waals surface area contributed by atoms with Crippen molar-refractivity contribution < 1.29 is 5.11 Å². The predicted molar refractivity (Wildman–Crippen MR) is 75.4 cm³/mol. The van der Waals surface area contributed by atoms with Crippen LogP contribution in [0.1, 0.15) is 5.69 Å². The largest absolute Gasteiger partial charge is 0.491 e. The van der Waals surface area contributed by atoms with Crippen molar-refractivity contribution in [1.29, 1.82) is 5.26 Å². The molecule has 0 aliphatic heterocycles. The maximum atomic E-state index is 9.88. The zero-order valence-electron chi connectivity index (χ0n) is 10.6. The van der Waals surface area contributed by atoms with Gasteiger partial charge in [-0.05, 0) is 12.1 Å². The van der Waals surface area contributed by atoms with E-state index in [-0.39, 0.29) is 11.6 Å². The van der Waals surface area contributed by atoms with Gasteiger partial charge in [-0.15, -0.1) is 0 Å². The SMILES string of the molecule is N#Cc1c(O)nc(-c2ccccc2)n1-c1ccccc1. The molecule has 4 heteroatoms. The average Bonchev–Trinajstić information content (AvgIpc) is 2.85. The van der Waals surface area contributed by atoms with Gasteiger partial charge in [0, 0.05) is 11.3 Å². The highest BCUT2D eigenvalue weighted by Crippen LogP contribution is 2.29. The summed E-state index contributed by atoms with van der Waals surface area (Å²) in [5.41, 5.74) is 1.76. The molecule has 1 aromatic heterocycles. The highest BCUT2D eigenvalue weighted by molar-refractivity contribution is 5.63. The zero-order chi connectivity index (χ0) is 13.9. The van der Waals surface area contributed by atoms with Crippen LogP contribution in [0.5, 0.6) is 5.88 Å². The minimum atomic E-state index is -0.254. The molecule has 0 saturated carbocycles. The molecule has 3 aromatic rings. The van der Waals surface area contributed by atoms with Crippen molar-refractivity contribution in [3.63, 3.8) is 0 Å². The minimum absolute atomic E-state index is 0.134. The molecular weight excluding hydrogens is 250 g/mol. The second-order valence-electron chi connectivity index (χ2n) is 4.26. The number of nitrogens with zero attached hydrogens (tertiary/aromatic N) is 3. The summed E-state index contributed by atoms with van der Waals surface area (Å²) >= 11 is 0. The number of benzene rings is 2. The van der Waals surface area contributed by atoms with Crippen LogP contribution in [0.25, 0.3) is 17.1 Å². The Hall–Kier alpha value is -3.06. The average molecular weight is 261 g/mol. The molecule has 0 spiro atoms. The van der Waals surface area contributed by atoms with Crippen LogP contribution in [0.15, 0.2) is 60.7 Å². The van der Waals surface area contributed by atoms with E-state index in [0.29, 0.717) is 5.82 Å². The summed E-state index contributed by atoms with van der Waals surface area (Å²) in [6, 6.07) is 20.9. The summed E-state index contributed by atoms with van der Waals surface area (Å²) in [6.07, 6.45) is 0. The Kier molecular flexibility index (Phi) is 2.94. The fourth-order valence-electron chi connectivity index (χ4n) is 2.12. The van der Waals surface area contributed by atoms with Crippen molar-refractivity contribution >= 4 is 0 Å². The molecule has 4 nitrogen and oxygen atoms in total. The molecule has 96 valence electrons. The fourth-order valence-corrected chi connectivity index (χ4v) is 2.12. The quantitative estimate of drug-likeness (QED) is 0.771. The lowest BCUT2D eigenvalue weighted by atomic mass is 10.2. The molecule has 1 N–H and O–H groups in total. The molecule has 0 aliphatic carbocycles. The first-order valence-electron chi connectivity index (χ1n) is 6.14. The van der Waals surface area contributed by atoms with Crippen LogP contribution in [0.3, 0.4) is 0 Å². The van der Waals surface area contributed by atoms with E-state index in [4.69, 9.17) is 0 Å². The maximum Gasteiger partial charge on any atom is 0.249 e. The molecule has 0 unspecified atom stereocenters. The molecule has 0 aliphatic rings. The lowest BCUT2D eigenvalue weighted by Crippen LogP contribution is -1.99. The Labute approximate surface area is 116 Å². The van der Waals surface area contributed by atoms with E-state index in [2.05, 4.69) is 4.98 Å². The number of hydrogen-bond donors (Lipinski definition) is 1. The standard InChI is InChI=1S/C16H11N3O/c17-11-14-16(20)18-15(12-7-3-1-4-8-12)19(14)13-9-5-2-6-10-13/h1-10,20H. The van der Waals surface area contributed by atoms with Crippen molar-refractivity contribution in [2.75, 3.05) is 0 Å². The van der Waals surface area contributed by atoms with E-state index in [1.165, 1.54) is 0 Å². The first-order chi connectivity index (χ1) is 9.81. The van der Waals surface area contributed by atoms with Crippen molar-refractivity contribution in [2.45, 2.75) is 0 Å². The third-order valence-electron chi connectivity index (χ3n) is 3.01. The molecule has 3 rings (SSSR count). The third-order valence-corrected chi connectivity index (χ3v) is 3.01. The van der Waals surface area contributed by atoms with Crippen LogP contribution in [-0.2, 0) is 0 Å². The number of para-hydroxylation sites is 1. The summed E-state index contributed by atoms with van der Waals surface area (Å²) < 4.78 is 1.66. The van der Waals surface area contributed by atoms with Gasteiger partial charge in [-0.25, -0.2) is 0 Å². The number of aromatic nitrogens is 2. The van der Waals surface area contributed by atoms with Crippen LogP contribution in [0.4, 0.5) is 0 Å². The van der Waals surface area contributed by atoms with E-state index >= 15 is 0 Å². The van der Waals surface area contributed by atoms with Gasteiger partial charge in [0.15, 0.2) is 5.69 Å². The molecule has 0 bridgehead atoms. The highest BCUT2D eigenvalue weighted by atomic mass is 16.3. The van der Waals surface area contributed by atoms with Crippen molar-refractivity contribution in [3.8, 4) is 29.0 Å². The van der Waals surface area contributed by atoms with Crippen LogP contribution < -0.4 is 0 Å². The monoisotopic (exact) mass is 261 g/mol. The number of aromatic hydroxyl groups is 1. The second kappa shape index (κ2) is 4.90. The van der Waals surface area contributed by atoms with Gasteiger partial charge in [0.1, 0.15) is 11.9 Å². The number of hydrogen-bond acceptors (Lipinski definition) is 3. The van der Waals surface area contributed by atoms with Gasteiger partial charge in [0.25, 0.3) is 0 Å². The Morgan fingerprint density at radius 1 is 0.950 bits per heavy atom. The summed E-state index contributed by atoms with van der Waals surface area (Å²) in [6.45, 7) is 0. The van der Waals surface area contributed by atoms with E-state index in [0.717, 1.165) is 11.3 Å². The topological polar surface area (TPSA) is 61.8 Å². The Morgan fingerprint density at radius 3 is 2.15 bits per heavy atom. The first kappa shape index (κ1) is 12.0. The maximum absolute atomic E-state index is 9.88. The molecule has 0 saturated heterocycles. The van der Waals surface area contributed by atoms with E-state index in [1.54, 1.807) is 4.57 Å². The van der Waals surface area contributed by atoms with E-state index < -0.39 is 0 Å². The number of nitriles is 1. The lowest BCUT2D eigenvalue weighted by Gasteiger charge is -2.08. The predicted octanol–water partition coefficient (Wildman–Crippen LogP) is 3.12. The Bertz CT molecular complexity index is 771. The molecule has 0 radical (unpaired) electrons. The van der Waals surface area contributed by atoms with E-state index in [9.17, 15) is 10.4 Å². The molecule has 0 amide bonds. The summed E-state index contributed by atoms with van der Waals surface area (Å²) in [7, 11) is 0. The van der Waals surface area contributed by atoms with Crippen LogP contribution in [0, 0.1) is 11.3 Å². The minimum Gasteiger partial charge on any atom is -0.491 e. The van der Waals surface area contributed by atoms with Crippen molar-refractivity contribution in [2.24, 2.45) is 0 Å². The summed E-state index contributed by atoms with van der Waals surface area (Å²) in [5, 5.41) is 19.1. The lowest BCUT2D eigenvalue weighted by molar-refractivity contribution is 0.454. The molecular formula is C16H11N3O. The molecule has 1 heterocycles. The molecule has 20 heavy (non-hydrogen) atoms. The van der Waals surface area contributed by atoms with Gasteiger partial charge in [-0.1, -0.05) is 48.5 Å². The van der Waals surface area contributed by atoms with Crippen LogP contribution >= 0.6 is 0 Å². The Morgan fingerprint density at radius 2 is 1.55 bits per heavy atom. The van der Waals surface area contributed by atoms with Crippen molar-refractivity contribution in [3.05, 3.63) is 66.4 Å².